The molecule has 7 nitrogen and oxygen atoms in total. The van der Waals surface area contributed by atoms with Crippen LogP contribution in [0.5, 0.6) is 0 Å². The van der Waals surface area contributed by atoms with E-state index in [1.165, 1.54) is 37.7 Å². The molecule has 4 aliphatic rings. The maximum atomic E-state index is 13.9. The van der Waals surface area contributed by atoms with Crippen molar-refractivity contribution >= 4 is 22.9 Å². The highest BCUT2D eigenvalue weighted by Crippen LogP contribution is 2.53. The highest BCUT2D eigenvalue weighted by atomic mass is 32.2. The smallest absolute Gasteiger partial charge is 0.251 e. The zero-order valence-electron chi connectivity index (χ0n) is 23.8. The normalized spacial score (nSPS) is 26.4. The van der Waals surface area contributed by atoms with Crippen LogP contribution >= 0.6 is 0 Å². The van der Waals surface area contributed by atoms with Crippen molar-refractivity contribution < 1.29 is 23.8 Å². The Bertz CT molecular complexity index is 1180. The predicted molar refractivity (Wildman–Crippen MR) is 157 cm³/mol. The van der Waals surface area contributed by atoms with Crippen LogP contribution in [0.2, 0.25) is 0 Å². The van der Waals surface area contributed by atoms with Gasteiger partial charge in [0.15, 0.2) is 0 Å². The van der Waals surface area contributed by atoms with Crippen LogP contribution in [0.3, 0.4) is 0 Å². The van der Waals surface area contributed by atoms with E-state index in [0.29, 0.717) is 23.8 Å². The first kappa shape index (κ1) is 30.4. The fourth-order valence-electron chi connectivity index (χ4n) is 7.38. The van der Waals surface area contributed by atoms with Gasteiger partial charge >= 0.3 is 0 Å². The van der Waals surface area contributed by atoms with Crippen molar-refractivity contribution in [1.82, 2.24) is 10.6 Å². The Morgan fingerprint density at radius 2 is 1.50 bits per heavy atom. The van der Waals surface area contributed by atoms with Crippen molar-refractivity contribution in [2.45, 2.75) is 76.7 Å². The SMILES string of the molecule is CC(C)(C)c1ccc(C(Cc2ccc(C(=O)NCCS(=O)[O-])cc2)C(=O)NC2C3CC4CC(C3)CC2C4)cc1.O. The second kappa shape index (κ2) is 12.5. The van der Waals surface area contributed by atoms with E-state index in [-0.39, 0.29) is 47.0 Å². The van der Waals surface area contributed by atoms with Gasteiger partial charge in [-0.1, -0.05) is 68.2 Å². The van der Waals surface area contributed by atoms with Crippen molar-refractivity contribution in [2.24, 2.45) is 23.7 Å². The summed E-state index contributed by atoms with van der Waals surface area (Å²) in [6.07, 6.45) is 6.98. The number of nitrogens with one attached hydrogen (secondary N) is 2. The minimum absolute atomic E-state index is 0. The molecule has 4 saturated carbocycles. The average Bonchev–Trinajstić information content (AvgIpc) is 2.88. The predicted octanol–water partition coefficient (Wildman–Crippen LogP) is 4.04. The lowest BCUT2D eigenvalue weighted by molar-refractivity contribution is -0.126. The molecule has 0 radical (unpaired) electrons. The number of amides is 2. The standard InChI is InChI=1S/C32H42N2O4S.H2O/c1-32(2,3)27-10-8-23(9-11-27)28(19-20-4-6-24(7-5-20)30(35)33-12-13-39(37)38)31(36)34-29-25-15-21-14-22(17-25)18-26(29)16-21;/h4-11,21-22,25-26,28-29H,12-19H2,1-3H3,(H,33,35)(H,34,36)(H,37,38);1H2/p-1. The molecule has 2 aromatic rings. The molecule has 6 rings (SSSR count). The fraction of sp³-hybridized carbons (Fsp3) is 0.562. The number of carbonyl (C=O) groups is 2. The third-order valence-electron chi connectivity index (χ3n) is 9.24. The van der Waals surface area contributed by atoms with E-state index in [2.05, 4.69) is 55.7 Å². The summed E-state index contributed by atoms with van der Waals surface area (Å²) in [5.41, 5.74) is 3.74. The molecule has 218 valence electrons. The Balaban J connectivity index is 0.00000370. The van der Waals surface area contributed by atoms with E-state index in [1.54, 1.807) is 12.1 Å². The van der Waals surface area contributed by atoms with E-state index in [4.69, 9.17) is 0 Å². The van der Waals surface area contributed by atoms with Gasteiger partial charge in [0.1, 0.15) is 0 Å². The third-order valence-corrected chi connectivity index (χ3v) is 9.78. The topological polar surface area (TPSA) is 130 Å². The molecule has 2 atom stereocenters. The first-order valence-electron chi connectivity index (χ1n) is 14.4. The van der Waals surface area contributed by atoms with Crippen molar-refractivity contribution in [1.29, 1.82) is 0 Å². The zero-order chi connectivity index (χ0) is 27.7. The van der Waals surface area contributed by atoms with Crippen LogP contribution in [-0.2, 0) is 27.7 Å². The second-order valence-electron chi connectivity index (χ2n) is 13.1. The molecular formula is C32H43N2O5S-. The second-order valence-corrected chi connectivity index (χ2v) is 14.1. The molecule has 40 heavy (non-hydrogen) atoms. The number of hydrogen-bond acceptors (Lipinski definition) is 4. The highest BCUT2D eigenvalue weighted by molar-refractivity contribution is 7.79. The lowest BCUT2D eigenvalue weighted by atomic mass is 9.54. The maximum absolute atomic E-state index is 13.9. The molecule has 0 spiro atoms. The summed E-state index contributed by atoms with van der Waals surface area (Å²) in [5, 5.41) is 6.16. The van der Waals surface area contributed by atoms with E-state index >= 15 is 0 Å². The zero-order valence-corrected chi connectivity index (χ0v) is 24.6. The van der Waals surface area contributed by atoms with E-state index < -0.39 is 11.1 Å². The van der Waals surface area contributed by atoms with Gasteiger partial charge < -0.3 is 20.7 Å². The van der Waals surface area contributed by atoms with Crippen LogP contribution in [0.15, 0.2) is 48.5 Å². The number of benzene rings is 2. The summed E-state index contributed by atoms with van der Waals surface area (Å²) >= 11 is -2.19. The molecule has 4 fully saturated rings. The Kier molecular flexibility index (Phi) is 9.53. The number of carbonyl (C=O) groups excluding carboxylic acids is 2. The van der Waals surface area contributed by atoms with Crippen LogP contribution in [0, 0.1) is 23.7 Å². The van der Waals surface area contributed by atoms with Gasteiger partial charge in [-0.05, 0) is 96.4 Å². The average molecular weight is 568 g/mol. The first-order valence-corrected chi connectivity index (χ1v) is 15.6. The molecule has 0 aromatic heterocycles. The van der Waals surface area contributed by atoms with Crippen LogP contribution < -0.4 is 10.6 Å². The summed E-state index contributed by atoms with van der Waals surface area (Å²) in [6, 6.07) is 16.0. The van der Waals surface area contributed by atoms with E-state index in [1.807, 2.05) is 12.1 Å². The van der Waals surface area contributed by atoms with Crippen molar-refractivity contribution in [3.8, 4) is 0 Å². The molecule has 8 heteroatoms. The molecule has 4 bridgehead atoms. The lowest BCUT2D eigenvalue weighted by Crippen LogP contribution is -2.56. The minimum Gasteiger partial charge on any atom is -0.772 e. The molecule has 2 unspecified atom stereocenters. The van der Waals surface area contributed by atoms with E-state index in [0.717, 1.165) is 23.0 Å². The van der Waals surface area contributed by atoms with Gasteiger partial charge in [0.25, 0.3) is 5.91 Å². The van der Waals surface area contributed by atoms with Gasteiger partial charge in [-0.2, -0.15) is 0 Å². The Morgan fingerprint density at radius 3 is 2.02 bits per heavy atom. The van der Waals surface area contributed by atoms with Crippen molar-refractivity contribution in [3.05, 3.63) is 70.8 Å². The van der Waals surface area contributed by atoms with Crippen LogP contribution in [0.4, 0.5) is 0 Å². The maximum Gasteiger partial charge on any atom is 0.251 e. The summed E-state index contributed by atoms with van der Waals surface area (Å²) in [5.74, 6) is 2.32. The van der Waals surface area contributed by atoms with E-state index in [9.17, 15) is 18.4 Å². The summed E-state index contributed by atoms with van der Waals surface area (Å²) in [6.45, 7) is 6.65. The van der Waals surface area contributed by atoms with Crippen molar-refractivity contribution in [2.75, 3.05) is 12.3 Å². The third kappa shape index (κ3) is 7.01. The van der Waals surface area contributed by atoms with Gasteiger partial charge in [-0.25, -0.2) is 0 Å². The van der Waals surface area contributed by atoms with Gasteiger partial charge in [0.05, 0.1) is 5.92 Å². The number of rotatable bonds is 9. The van der Waals surface area contributed by atoms with Gasteiger partial charge in [0, 0.05) is 23.9 Å². The minimum atomic E-state index is -2.19. The Morgan fingerprint density at radius 1 is 0.925 bits per heavy atom. The van der Waals surface area contributed by atoms with Crippen molar-refractivity contribution in [3.63, 3.8) is 0 Å². The summed E-state index contributed by atoms with van der Waals surface area (Å²) < 4.78 is 21.4. The molecule has 4 aliphatic carbocycles. The highest BCUT2D eigenvalue weighted by Gasteiger charge is 2.49. The fourth-order valence-corrected chi connectivity index (χ4v) is 7.65. The number of hydrogen-bond donors (Lipinski definition) is 2. The first-order chi connectivity index (χ1) is 18.6. The quantitative estimate of drug-likeness (QED) is 0.443. The summed E-state index contributed by atoms with van der Waals surface area (Å²) in [7, 11) is 0. The molecule has 2 aromatic carbocycles. The Hall–Kier alpha value is -2.55. The molecular weight excluding hydrogens is 524 g/mol. The van der Waals surface area contributed by atoms with Gasteiger partial charge in [-0.15, -0.1) is 0 Å². The molecule has 0 aliphatic heterocycles. The lowest BCUT2D eigenvalue weighted by Gasteiger charge is -2.54. The largest absolute Gasteiger partial charge is 0.772 e. The molecule has 4 N–H and O–H groups in total. The molecule has 0 saturated heterocycles. The van der Waals surface area contributed by atoms with Gasteiger partial charge in [0.2, 0.25) is 5.91 Å². The van der Waals surface area contributed by atoms with Crippen LogP contribution in [0.1, 0.15) is 85.8 Å². The molecule has 2 amide bonds. The summed E-state index contributed by atoms with van der Waals surface area (Å²) in [4.78, 5) is 26.3. The molecule has 0 heterocycles. The van der Waals surface area contributed by atoms with Crippen LogP contribution in [-0.4, -0.2) is 44.4 Å². The monoisotopic (exact) mass is 567 g/mol. The van der Waals surface area contributed by atoms with Gasteiger partial charge in [-0.3, -0.25) is 13.8 Å². The Labute approximate surface area is 240 Å². The van der Waals surface area contributed by atoms with Crippen LogP contribution in [0.25, 0.3) is 0 Å².